The molecule has 1 aromatic carbocycles. The zero-order valence-corrected chi connectivity index (χ0v) is 11.1. The minimum atomic E-state index is -1.53. The van der Waals surface area contributed by atoms with Gasteiger partial charge in [0.2, 0.25) is 0 Å². The van der Waals surface area contributed by atoms with Crippen LogP contribution < -0.4 is 4.74 Å². The second-order valence-electron chi connectivity index (χ2n) is 5.03. The Morgan fingerprint density at radius 3 is 2.62 bits per heavy atom. The molecule has 2 heterocycles. The predicted octanol–water partition coefficient (Wildman–Crippen LogP) is -0.653. The zero-order valence-electron chi connectivity index (χ0n) is 11.1. The number of aliphatic hydroxyl groups is 4. The number of para-hydroxylation sites is 1. The summed E-state index contributed by atoms with van der Waals surface area (Å²) in [7, 11) is 0. The van der Waals surface area contributed by atoms with Gasteiger partial charge in [0.1, 0.15) is 18.3 Å². The van der Waals surface area contributed by atoms with E-state index in [1.807, 2.05) is 24.3 Å². The Bertz CT molecular complexity index is 581. The lowest BCUT2D eigenvalue weighted by molar-refractivity contribution is -0.282. The highest BCUT2D eigenvalue weighted by atomic mass is 16.6. The summed E-state index contributed by atoms with van der Waals surface area (Å²) < 4.78 is 10.5. The maximum Gasteiger partial charge on any atom is 0.192 e. The number of aliphatic hydroxyl groups excluding tert-OH is 4. The molecule has 1 aromatic heterocycles. The standard InChI is InChI=1S/C14H17NO6/c16-6-9-11(17)13(12(18)14(19)20-9)21-10-5-7-3-1-2-4-8(7)15-10/h1-5,9,11-19H,6H2/t9-,11+,12-,13+,14-/m1/s1. The van der Waals surface area contributed by atoms with E-state index in [-0.39, 0.29) is 0 Å². The number of H-pyrrole nitrogens is 1. The van der Waals surface area contributed by atoms with Gasteiger partial charge in [0.25, 0.3) is 0 Å². The first-order valence-electron chi connectivity index (χ1n) is 6.65. The summed E-state index contributed by atoms with van der Waals surface area (Å²) in [6.07, 6.45) is -6.34. The summed E-state index contributed by atoms with van der Waals surface area (Å²) in [4.78, 5) is 3.00. The lowest BCUT2D eigenvalue weighted by Gasteiger charge is -2.39. The van der Waals surface area contributed by atoms with Gasteiger partial charge in [0.05, 0.1) is 6.61 Å². The van der Waals surface area contributed by atoms with Crippen molar-refractivity contribution in [2.75, 3.05) is 6.61 Å². The highest BCUT2D eigenvalue weighted by Gasteiger charge is 2.45. The van der Waals surface area contributed by atoms with Gasteiger partial charge in [-0.15, -0.1) is 0 Å². The summed E-state index contributed by atoms with van der Waals surface area (Å²) >= 11 is 0. The van der Waals surface area contributed by atoms with Crippen LogP contribution in [0.2, 0.25) is 0 Å². The van der Waals surface area contributed by atoms with Crippen LogP contribution in [0.3, 0.4) is 0 Å². The average Bonchev–Trinajstić information content (AvgIpc) is 2.89. The molecule has 0 saturated carbocycles. The van der Waals surface area contributed by atoms with Crippen LogP contribution in [0.5, 0.6) is 5.88 Å². The van der Waals surface area contributed by atoms with Gasteiger partial charge in [-0.3, -0.25) is 0 Å². The molecule has 2 aromatic rings. The number of ether oxygens (including phenoxy) is 2. The Hall–Kier alpha value is -1.64. The molecule has 7 nitrogen and oxygen atoms in total. The van der Waals surface area contributed by atoms with Gasteiger partial charge in [-0.05, 0) is 6.07 Å². The number of fused-ring (bicyclic) bond motifs is 1. The number of hydrogen-bond donors (Lipinski definition) is 5. The minimum Gasteiger partial charge on any atom is -0.470 e. The van der Waals surface area contributed by atoms with Crippen LogP contribution in [-0.4, -0.2) is 62.7 Å². The molecule has 1 saturated heterocycles. The quantitative estimate of drug-likeness (QED) is 0.514. The van der Waals surface area contributed by atoms with Crippen LogP contribution >= 0.6 is 0 Å². The molecule has 21 heavy (non-hydrogen) atoms. The van der Waals surface area contributed by atoms with Crippen molar-refractivity contribution in [3.63, 3.8) is 0 Å². The van der Waals surface area contributed by atoms with Gasteiger partial charge in [-0.1, -0.05) is 18.2 Å². The lowest BCUT2D eigenvalue weighted by atomic mass is 9.99. The van der Waals surface area contributed by atoms with Crippen molar-refractivity contribution in [2.24, 2.45) is 0 Å². The van der Waals surface area contributed by atoms with Crippen molar-refractivity contribution in [1.82, 2.24) is 4.98 Å². The maximum atomic E-state index is 10.1. The molecule has 1 aliphatic rings. The van der Waals surface area contributed by atoms with Gasteiger partial charge >= 0.3 is 0 Å². The Labute approximate surface area is 120 Å². The van der Waals surface area contributed by atoms with E-state index in [0.29, 0.717) is 5.88 Å². The van der Waals surface area contributed by atoms with E-state index in [0.717, 1.165) is 10.9 Å². The van der Waals surface area contributed by atoms with Crippen molar-refractivity contribution >= 4 is 10.9 Å². The molecule has 7 heteroatoms. The molecule has 3 rings (SSSR count). The van der Waals surface area contributed by atoms with Gasteiger partial charge in [0, 0.05) is 17.0 Å². The van der Waals surface area contributed by atoms with E-state index >= 15 is 0 Å². The molecule has 0 amide bonds. The van der Waals surface area contributed by atoms with E-state index in [9.17, 15) is 15.3 Å². The molecule has 1 aliphatic heterocycles. The highest BCUT2D eigenvalue weighted by molar-refractivity contribution is 5.81. The van der Waals surface area contributed by atoms with E-state index < -0.39 is 37.3 Å². The third-order valence-corrected chi connectivity index (χ3v) is 3.61. The Morgan fingerprint density at radius 1 is 1.14 bits per heavy atom. The fourth-order valence-corrected chi connectivity index (χ4v) is 2.46. The average molecular weight is 295 g/mol. The van der Waals surface area contributed by atoms with E-state index in [4.69, 9.17) is 14.6 Å². The first-order chi connectivity index (χ1) is 10.1. The summed E-state index contributed by atoms with van der Waals surface area (Å²) in [5.41, 5.74) is 0.850. The van der Waals surface area contributed by atoms with E-state index in [2.05, 4.69) is 4.98 Å². The molecular formula is C14H17NO6. The van der Waals surface area contributed by atoms with Crippen LogP contribution in [0.25, 0.3) is 10.9 Å². The predicted molar refractivity (Wildman–Crippen MR) is 72.7 cm³/mol. The molecular weight excluding hydrogens is 278 g/mol. The molecule has 0 bridgehead atoms. The second-order valence-corrected chi connectivity index (χ2v) is 5.03. The monoisotopic (exact) mass is 295 g/mol. The molecule has 0 aliphatic carbocycles. The van der Waals surface area contributed by atoms with Gasteiger partial charge in [-0.25, -0.2) is 0 Å². The van der Waals surface area contributed by atoms with E-state index in [1.165, 1.54) is 0 Å². The highest BCUT2D eigenvalue weighted by Crippen LogP contribution is 2.26. The first-order valence-corrected chi connectivity index (χ1v) is 6.65. The van der Waals surface area contributed by atoms with Crippen LogP contribution in [0.15, 0.2) is 30.3 Å². The largest absolute Gasteiger partial charge is 0.470 e. The first kappa shape index (κ1) is 14.3. The number of rotatable bonds is 3. The van der Waals surface area contributed by atoms with Crippen molar-refractivity contribution in [1.29, 1.82) is 0 Å². The maximum absolute atomic E-state index is 10.1. The number of benzene rings is 1. The van der Waals surface area contributed by atoms with Crippen LogP contribution in [-0.2, 0) is 4.74 Å². The second kappa shape index (κ2) is 5.63. The SMILES string of the molecule is OC[C@H]1O[C@@H](O)[C@H](O)[C@@H](Oc2cc3ccccc3[nH]2)[C@H]1O. The Balaban J connectivity index is 1.84. The number of aromatic nitrogens is 1. The third-order valence-electron chi connectivity index (χ3n) is 3.61. The lowest BCUT2D eigenvalue weighted by Crippen LogP contribution is -2.60. The molecule has 114 valence electrons. The molecule has 0 unspecified atom stereocenters. The topological polar surface area (TPSA) is 115 Å². The fourth-order valence-electron chi connectivity index (χ4n) is 2.46. The third kappa shape index (κ3) is 2.61. The number of aromatic amines is 1. The fraction of sp³-hybridized carbons (Fsp3) is 0.429. The smallest absolute Gasteiger partial charge is 0.192 e. The van der Waals surface area contributed by atoms with Gasteiger partial charge in [-0.2, -0.15) is 0 Å². The number of hydrogen-bond acceptors (Lipinski definition) is 6. The van der Waals surface area contributed by atoms with Gasteiger partial charge < -0.3 is 34.9 Å². The molecule has 1 fully saturated rings. The number of nitrogens with one attached hydrogen (secondary N) is 1. The van der Waals surface area contributed by atoms with Crippen LogP contribution in [0.4, 0.5) is 0 Å². The normalized spacial score (nSPS) is 33.2. The molecule has 5 atom stereocenters. The molecule has 0 spiro atoms. The van der Waals surface area contributed by atoms with Crippen LogP contribution in [0, 0.1) is 0 Å². The zero-order chi connectivity index (χ0) is 15.0. The summed E-state index contributed by atoms with van der Waals surface area (Å²) in [6, 6.07) is 9.23. The minimum absolute atomic E-state index is 0.352. The Morgan fingerprint density at radius 2 is 1.90 bits per heavy atom. The van der Waals surface area contributed by atoms with Crippen molar-refractivity contribution in [2.45, 2.75) is 30.7 Å². The van der Waals surface area contributed by atoms with Crippen molar-refractivity contribution in [3.8, 4) is 5.88 Å². The van der Waals surface area contributed by atoms with Crippen molar-refractivity contribution in [3.05, 3.63) is 30.3 Å². The van der Waals surface area contributed by atoms with Gasteiger partial charge in [0.15, 0.2) is 18.3 Å². The molecule has 5 N–H and O–H groups in total. The summed E-state index contributed by atoms with van der Waals surface area (Å²) in [6.45, 7) is -0.489. The molecule has 0 radical (unpaired) electrons. The van der Waals surface area contributed by atoms with Crippen LogP contribution in [0.1, 0.15) is 0 Å². The Kier molecular flexibility index (Phi) is 3.83. The van der Waals surface area contributed by atoms with E-state index in [1.54, 1.807) is 6.07 Å². The summed E-state index contributed by atoms with van der Waals surface area (Å²) in [5, 5.41) is 39.6. The van der Waals surface area contributed by atoms with Crippen molar-refractivity contribution < 1.29 is 29.9 Å². The summed E-state index contributed by atoms with van der Waals surface area (Å²) in [5.74, 6) is 0.352.